The van der Waals surface area contributed by atoms with E-state index in [1.807, 2.05) is 45.0 Å². The Labute approximate surface area is 145 Å². The summed E-state index contributed by atoms with van der Waals surface area (Å²) in [6.45, 7) is 10.1. The number of amides is 1. The van der Waals surface area contributed by atoms with Crippen molar-refractivity contribution in [3.8, 4) is 5.75 Å². The smallest absolute Gasteiger partial charge is 0.261 e. The van der Waals surface area contributed by atoms with E-state index in [1.54, 1.807) is 0 Å². The third-order valence-electron chi connectivity index (χ3n) is 4.28. The average molecular weight is 325 g/mol. The Kier molecular flexibility index (Phi) is 6.02. The molecule has 0 saturated carbocycles. The summed E-state index contributed by atoms with van der Waals surface area (Å²) in [4.78, 5) is 12.6. The number of carbonyl (C=O) groups is 1. The van der Waals surface area contributed by atoms with Crippen LogP contribution in [0.15, 0.2) is 42.5 Å². The molecular weight excluding hydrogens is 298 g/mol. The summed E-state index contributed by atoms with van der Waals surface area (Å²) in [5.74, 6) is 0.687. The highest BCUT2D eigenvalue weighted by Gasteiger charge is 2.21. The first-order valence-corrected chi connectivity index (χ1v) is 8.52. The number of hydrogen-bond donors (Lipinski definition) is 1. The van der Waals surface area contributed by atoms with Gasteiger partial charge in [-0.2, -0.15) is 0 Å². The topological polar surface area (TPSA) is 38.3 Å². The Bertz CT molecular complexity index is 709. The van der Waals surface area contributed by atoms with Gasteiger partial charge in [-0.3, -0.25) is 4.79 Å². The van der Waals surface area contributed by atoms with Crippen LogP contribution in [-0.4, -0.2) is 12.0 Å². The van der Waals surface area contributed by atoms with Gasteiger partial charge in [-0.15, -0.1) is 0 Å². The van der Waals surface area contributed by atoms with Gasteiger partial charge in [-0.25, -0.2) is 0 Å². The van der Waals surface area contributed by atoms with E-state index in [9.17, 15) is 4.79 Å². The number of para-hydroxylation sites is 1. The van der Waals surface area contributed by atoms with Crippen molar-refractivity contribution >= 4 is 5.91 Å². The minimum absolute atomic E-state index is 0.0485. The highest BCUT2D eigenvalue weighted by molar-refractivity contribution is 5.81. The first kappa shape index (κ1) is 18.1. The molecule has 2 aromatic carbocycles. The van der Waals surface area contributed by atoms with E-state index in [0.717, 1.165) is 16.9 Å². The van der Waals surface area contributed by atoms with Crippen LogP contribution in [0.4, 0.5) is 0 Å². The highest BCUT2D eigenvalue weighted by Crippen LogP contribution is 2.21. The molecular formula is C21H27NO2. The normalized spacial score (nSPS) is 13.2. The van der Waals surface area contributed by atoms with Gasteiger partial charge in [0.1, 0.15) is 5.75 Å². The van der Waals surface area contributed by atoms with E-state index in [1.165, 1.54) is 11.1 Å². The lowest BCUT2D eigenvalue weighted by atomic mass is 10.00. The van der Waals surface area contributed by atoms with Crippen LogP contribution >= 0.6 is 0 Å². The first-order valence-electron chi connectivity index (χ1n) is 8.52. The van der Waals surface area contributed by atoms with Gasteiger partial charge >= 0.3 is 0 Å². The molecule has 1 N–H and O–H groups in total. The van der Waals surface area contributed by atoms with Crippen LogP contribution in [0.25, 0.3) is 0 Å². The standard InChI is InChI=1S/C21H27NO2/c1-6-19(24-20-10-8-7-9-15(20)3)21(23)22-17(5)18-12-11-14(2)13-16(18)4/h7-13,17,19H,6H2,1-5H3,(H,22,23). The van der Waals surface area contributed by atoms with Crippen molar-refractivity contribution in [3.05, 3.63) is 64.7 Å². The fourth-order valence-electron chi connectivity index (χ4n) is 2.86. The van der Waals surface area contributed by atoms with E-state index in [2.05, 4.69) is 37.4 Å². The van der Waals surface area contributed by atoms with Crippen LogP contribution < -0.4 is 10.1 Å². The fourth-order valence-corrected chi connectivity index (χ4v) is 2.86. The monoisotopic (exact) mass is 325 g/mol. The summed E-state index contributed by atoms with van der Waals surface area (Å²) in [6.07, 6.45) is 0.138. The number of carbonyl (C=O) groups excluding carboxylic acids is 1. The second kappa shape index (κ2) is 8.00. The van der Waals surface area contributed by atoms with Crippen LogP contribution in [0.1, 0.15) is 48.6 Å². The zero-order valence-electron chi connectivity index (χ0n) is 15.2. The zero-order chi connectivity index (χ0) is 17.7. The second-order valence-electron chi connectivity index (χ2n) is 6.37. The summed E-state index contributed by atoms with van der Waals surface area (Å²) in [7, 11) is 0. The predicted octanol–water partition coefficient (Wildman–Crippen LogP) is 4.65. The molecule has 0 radical (unpaired) electrons. The quantitative estimate of drug-likeness (QED) is 0.840. The van der Waals surface area contributed by atoms with Crippen LogP contribution in [0.3, 0.4) is 0 Å². The maximum absolute atomic E-state index is 12.6. The van der Waals surface area contributed by atoms with Crippen LogP contribution in [0.5, 0.6) is 5.75 Å². The fraction of sp³-hybridized carbons (Fsp3) is 0.381. The van der Waals surface area contributed by atoms with E-state index < -0.39 is 6.10 Å². The third kappa shape index (κ3) is 4.38. The van der Waals surface area contributed by atoms with Gasteiger partial charge in [-0.05, 0) is 56.9 Å². The number of hydrogen-bond acceptors (Lipinski definition) is 2. The van der Waals surface area contributed by atoms with Crippen molar-refractivity contribution in [3.63, 3.8) is 0 Å². The molecule has 0 aliphatic carbocycles. The first-order chi connectivity index (χ1) is 11.4. The summed E-state index contributed by atoms with van der Waals surface area (Å²) < 4.78 is 5.93. The molecule has 0 heterocycles. The van der Waals surface area contributed by atoms with Crippen LogP contribution in [-0.2, 0) is 4.79 Å². The summed E-state index contributed by atoms with van der Waals surface area (Å²) in [5.41, 5.74) is 4.59. The van der Waals surface area contributed by atoms with Gasteiger partial charge in [0.25, 0.3) is 5.91 Å². The maximum atomic E-state index is 12.6. The molecule has 0 aromatic heterocycles. The molecule has 0 saturated heterocycles. The zero-order valence-corrected chi connectivity index (χ0v) is 15.2. The Morgan fingerprint density at radius 2 is 1.79 bits per heavy atom. The number of ether oxygens (including phenoxy) is 1. The number of aryl methyl sites for hydroxylation is 3. The molecule has 0 bridgehead atoms. The molecule has 2 unspecified atom stereocenters. The molecule has 2 rings (SSSR count). The number of benzene rings is 2. The van der Waals surface area contributed by atoms with Crippen molar-refractivity contribution in [2.24, 2.45) is 0 Å². The summed E-state index contributed by atoms with van der Waals surface area (Å²) >= 11 is 0. The Balaban J connectivity index is 2.07. The lowest BCUT2D eigenvalue weighted by Gasteiger charge is -2.22. The maximum Gasteiger partial charge on any atom is 0.261 e. The van der Waals surface area contributed by atoms with Gasteiger partial charge < -0.3 is 10.1 Å². The van der Waals surface area contributed by atoms with Crippen molar-refractivity contribution < 1.29 is 9.53 Å². The lowest BCUT2D eigenvalue weighted by Crippen LogP contribution is -2.39. The molecule has 2 aromatic rings. The molecule has 0 spiro atoms. The summed E-state index contributed by atoms with van der Waals surface area (Å²) in [5, 5.41) is 3.08. The largest absolute Gasteiger partial charge is 0.480 e. The SMILES string of the molecule is CCC(Oc1ccccc1C)C(=O)NC(C)c1ccc(C)cc1C. The predicted molar refractivity (Wildman–Crippen MR) is 98.4 cm³/mol. The molecule has 2 atom stereocenters. The molecule has 1 amide bonds. The Morgan fingerprint density at radius 3 is 2.42 bits per heavy atom. The van der Waals surface area contributed by atoms with Gasteiger partial charge in [0.2, 0.25) is 0 Å². The lowest BCUT2D eigenvalue weighted by molar-refractivity contribution is -0.128. The van der Waals surface area contributed by atoms with E-state index in [4.69, 9.17) is 4.74 Å². The Hall–Kier alpha value is -2.29. The highest BCUT2D eigenvalue weighted by atomic mass is 16.5. The second-order valence-corrected chi connectivity index (χ2v) is 6.37. The third-order valence-corrected chi connectivity index (χ3v) is 4.28. The molecule has 3 nitrogen and oxygen atoms in total. The average Bonchev–Trinajstić information content (AvgIpc) is 2.53. The van der Waals surface area contributed by atoms with Gasteiger partial charge in [0.15, 0.2) is 6.10 Å². The van der Waals surface area contributed by atoms with Crippen LogP contribution in [0, 0.1) is 20.8 Å². The molecule has 0 aliphatic rings. The van der Waals surface area contributed by atoms with E-state index in [0.29, 0.717) is 6.42 Å². The summed E-state index contributed by atoms with van der Waals surface area (Å²) in [6, 6.07) is 14.0. The van der Waals surface area contributed by atoms with Crippen molar-refractivity contribution in [2.75, 3.05) is 0 Å². The molecule has 0 aliphatic heterocycles. The molecule has 24 heavy (non-hydrogen) atoms. The number of nitrogens with one attached hydrogen (secondary N) is 1. The minimum atomic E-state index is -0.487. The van der Waals surface area contributed by atoms with Crippen molar-refractivity contribution in [1.82, 2.24) is 5.32 Å². The van der Waals surface area contributed by atoms with Gasteiger partial charge in [0, 0.05) is 0 Å². The molecule has 0 fully saturated rings. The van der Waals surface area contributed by atoms with Gasteiger partial charge in [0.05, 0.1) is 6.04 Å². The van der Waals surface area contributed by atoms with Crippen molar-refractivity contribution in [2.45, 2.75) is 53.2 Å². The van der Waals surface area contributed by atoms with E-state index >= 15 is 0 Å². The number of rotatable bonds is 6. The molecule has 128 valence electrons. The minimum Gasteiger partial charge on any atom is -0.480 e. The van der Waals surface area contributed by atoms with Crippen LogP contribution in [0.2, 0.25) is 0 Å². The van der Waals surface area contributed by atoms with E-state index in [-0.39, 0.29) is 11.9 Å². The Morgan fingerprint density at radius 1 is 1.08 bits per heavy atom. The molecule has 3 heteroatoms. The van der Waals surface area contributed by atoms with Crippen molar-refractivity contribution in [1.29, 1.82) is 0 Å². The van der Waals surface area contributed by atoms with Gasteiger partial charge in [-0.1, -0.05) is 48.9 Å².